The summed E-state index contributed by atoms with van der Waals surface area (Å²) in [7, 11) is 1.68. The molecule has 0 amide bonds. The molecule has 2 aromatic rings. The molecule has 0 aliphatic carbocycles. The lowest BCUT2D eigenvalue weighted by molar-refractivity contribution is 0.407. The number of anilines is 1. The van der Waals surface area contributed by atoms with Gasteiger partial charge >= 0.3 is 0 Å². The predicted molar refractivity (Wildman–Crippen MR) is 91.4 cm³/mol. The van der Waals surface area contributed by atoms with Crippen LogP contribution in [0.1, 0.15) is 24.0 Å². The highest BCUT2D eigenvalue weighted by Gasteiger charge is 2.16. The minimum atomic E-state index is -0.125. The molecule has 1 fully saturated rings. The lowest BCUT2D eigenvalue weighted by atomic mass is 10.1. The molecule has 3 rings (SSSR count). The molecule has 1 aliphatic heterocycles. The van der Waals surface area contributed by atoms with Crippen LogP contribution in [0.2, 0.25) is 0 Å². The van der Waals surface area contributed by atoms with Gasteiger partial charge in [0, 0.05) is 31.7 Å². The largest absolute Gasteiger partial charge is 0.496 e. The molecule has 1 N–H and O–H groups in total. The van der Waals surface area contributed by atoms with Crippen molar-refractivity contribution in [3.05, 3.63) is 59.4 Å². The van der Waals surface area contributed by atoms with Crippen LogP contribution in [-0.4, -0.2) is 20.2 Å². The van der Waals surface area contributed by atoms with Gasteiger partial charge in [-0.25, -0.2) is 4.39 Å². The predicted octanol–water partition coefficient (Wildman–Crippen LogP) is 3.72. The smallest absolute Gasteiger partial charge is 0.146 e. The van der Waals surface area contributed by atoms with E-state index in [1.807, 2.05) is 36.4 Å². The van der Waals surface area contributed by atoms with Gasteiger partial charge in [-0.1, -0.05) is 24.3 Å². The second kappa shape index (κ2) is 7.47. The summed E-state index contributed by atoms with van der Waals surface area (Å²) < 4.78 is 19.4. The van der Waals surface area contributed by atoms with Gasteiger partial charge in [-0.3, -0.25) is 0 Å². The SMILES string of the molecule is COc1ccccc1CNCc1ccc(F)c(N2CCCC2)c1. The molecule has 0 bridgehead atoms. The van der Waals surface area contributed by atoms with Crippen molar-refractivity contribution in [1.29, 1.82) is 0 Å². The lowest BCUT2D eigenvalue weighted by Gasteiger charge is -2.19. The number of nitrogens with zero attached hydrogens (tertiary/aromatic N) is 1. The van der Waals surface area contributed by atoms with Gasteiger partial charge in [0.1, 0.15) is 11.6 Å². The molecule has 1 heterocycles. The van der Waals surface area contributed by atoms with Crippen LogP contribution >= 0.6 is 0 Å². The van der Waals surface area contributed by atoms with Gasteiger partial charge in [0.05, 0.1) is 12.8 Å². The third-order valence-electron chi connectivity index (χ3n) is 4.29. The fourth-order valence-electron chi connectivity index (χ4n) is 3.06. The summed E-state index contributed by atoms with van der Waals surface area (Å²) in [6.45, 7) is 3.34. The van der Waals surface area contributed by atoms with Crippen molar-refractivity contribution >= 4 is 5.69 Å². The van der Waals surface area contributed by atoms with E-state index in [0.29, 0.717) is 6.54 Å². The van der Waals surface area contributed by atoms with Crippen molar-refractivity contribution in [2.75, 3.05) is 25.1 Å². The standard InChI is InChI=1S/C19H23FN2O/c1-23-19-7-3-2-6-16(19)14-21-13-15-8-9-17(20)18(12-15)22-10-4-5-11-22/h2-3,6-9,12,21H,4-5,10-11,13-14H2,1H3. The van der Waals surface area contributed by atoms with Crippen LogP contribution in [0.3, 0.4) is 0 Å². The molecule has 0 spiro atoms. The van der Waals surface area contributed by atoms with Crippen LogP contribution in [0.25, 0.3) is 0 Å². The lowest BCUT2D eigenvalue weighted by Crippen LogP contribution is -2.20. The molecule has 4 heteroatoms. The van der Waals surface area contributed by atoms with Gasteiger partial charge in [0.25, 0.3) is 0 Å². The van der Waals surface area contributed by atoms with Crippen LogP contribution in [-0.2, 0) is 13.1 Å². The monoisotopic (exact) mass is 314 g/mol. The fourth-order valence-corrected chi connectivity index (χ4v) is 3.06. The fraction of sp³-hybridized carbons (Fsp3) is 0.368. The van der Waals surface area contributed by atoms with Crippen molar-refractivity contribution in [3.8, 4) is 5.75 Å². The Labute approximate surface area is 137 Å². The summed E-state index contributed by atoms with van der Waals surface area (Å²) in [6.07, 6.45) is 2.30. The van der Waals surface area contributed by atoms with E-state index in [4.69, 9.17) is 4.74 Å². The molecule has 3 nitrogen and oxygen atoms in total. The van der Waals surface area contributed by atoms with Gasteiger partial charge in [0.2, 0.25) is 0 Å². The molecular weight excluding hydrogens is 291 g/mol. The van der Waals surface area contributed by atoms with Crippen LogP contribution in [0.15, 0.2) is 42.5 Å². The van der Waals surface area contributed by atoms with Crippen molar-refractivity contribution in [2.45, 2.75) is 25.9 Å². The number of methoxy groups -OCH3 is 1. The Morgan fingerprint density at radius 2 is 1.87 bits per heavy atom. The number of ether oxygens (including phenoxy) is 1. The normalized spacial score (nSPS) is 14.3. The van der Waals surface area contributed by atoms with Crippen LogP contribution < -0.4 is 15.0 Å². The Kier molecular flexibility index (Phi) is 5.13. The third-order valence-corrected chi connectivity index (χ3v) is 4.29. The van der Waals surface area contributed by atoms with Gasteiger partial charge < -0.3 is 15.0 Å². The first-order valence-electron chi connectivity index (χ1n) is 8.14. The van der Waals surface area contributed by atoms with Crippen LogP contribution in [0.4, 0.5) is 10.1 Å². The van der Waals surface area contributed by atoms with E-state index in [2.05, 4.69) is 10.2 Å². The molecule has 122 valence electrons. The summed E-state index contributed by atoms with van der Waals surface area (Å²) in [4.78, 5) is 2.14. The quantitative estimate of drug-likeness (QED) is 0.879. The Hall–Kier alpha value is -2.07. The van der Waals surface area contributed by atoms with E-state index < -0.39 is 0 Å². The minimum Gasteiger partial charge on any atom is -0.496 e. The summed E-state index contributed by atoms with van der Waals surface area (Å²) in [5.41, 5.74) is 2.96. The number of nitrogens with one attached hydrogen (secondary N) is 1. The zero-order chi connectivity index (χ0) is 16.1. The molecule has 1 aliphatic rings. The average molecular weight is 314 g/mol. The molecule has 0 aromatic heterocycles. The molecule has 0 atom stereocenters. The average Bonchev–Trinajstić information content (AvgIpc) is 3.11. The van der Waals surface area contributed by atoms with E-state index in [9.17, 15) is 4.39 Å². The maximum atomic E-state index is 14.0. The van der Waals surface area contributed by atoms with Gasteiger partial charge in [-0.15, -0.1) is 0 Å². The van der Waals surface area contributed by atoms with Crippen molar-refractivity contribution < 1.29 is 9.13 Å². The van der Waals surface area contributed by atoms with E-state index in [-0.39, 0.29) is 5.82 Å². The van der Waals surface area contributed by atoms with Crippen LogP contribution in [0.5, 0.6) is 5.75 Å². The summed E-state index contributed by atoms with van der Waals surface area (Å²) in [6, 6.07) is 13.4. The summed E-state index contributed by atoms with van der Waals surface area (Å²) >= 11 is 0. The highest BCUT2D eigenvalue weighted by atomic mass is 19.1. The zero-order valence-electron chi connectivity index (χ0n) is 13.5. The van der Waals surface area contributed by atoms with Crippen molar-refractivity contribution in [2.24, 2.45) is 0 Å². The van der Waals surface area contributed by atoms with Crippen LogP contribution in [0, 0.1) is 5.82 Å². The van der Waals surface area contributed by atoms with Gasteiger partial charge in [0.15, 0.2) is 0 Å². The minimum absolute atomic E-state index is 0.125. The van der Waals surface area contributed by atoms with Gasteiger partial charge in [-0.05, 0) is 36.6 Å². The number of rotatable bonds is 6. The molecule has 23 heavy (non-hydrogen) atoms. The molecule has 0 saturated carbocycles. The summed E-state index contributed by atoms with van der Waals surface area (Å²) in [5.74, 6) is 0.761. The highest BCUT2D eigenvalue weighted by Crippen LogP contribution is 2.25. The van der Waals surface area contributed by atoms with E-state index in [0.717, 1.165) is 55.0 Å². The molecule has 0 unspecified atom stereocenters. The molecule has 2 aromatic carbocycles. The number of hydrogen-bond acceptors (Lipinski definition) is 3. The second-order valence-corrected chi connectivity index (χ2v) is 5.90. The molecular formula is C19H23FN2O. The maximum Gasteiger partial charge on any atom is 0.146 e. The second-order valence-electron chi connectivity index (χ2n) is 5.90. The van der Waals surface area contributed by atoms with Crippen molar-refractivity contribution in [3.63, 3.8) is 0 Å². The van der Waals surface area contributed by atoms with E-state index >= 15 is 0 Å². The zero-order valence-corrected chi connectivity index (χ0v) is 13.5. The number of benzene rings is 2. The first-order chi connectivity index (χ1) is 11.3. The Morgan fingerprint density at radius 1 is 1.09 bits per heavy atom. The molecule has 1 saturated heterocycles. The number of para-hydroxylation sites is 1. The van der Waals surface area contributed by atoms with Gasteiger partial charge in [-0.2, -0.15) is 0 Å². The van der Waals surface area contributed by atoms with Crippen molar-refractivity contribution in [1.82, 2.24) is 5.32 Å². The van der Waals surface area contributed by atoms with E-state index in [1.54, 1.807) is 13.2 Å². The Morgan fingerprint density at radius 3 is 2.65 bits per heavy atom. The number of hydrogen-bond donors (Lipinski definition) is 1. The highest BCUT2D eigenvalue weighted by molar-refractivity contribution is 5.50. The van der Waals surface area contributed by atoms with E-state index in [1.165, 1.54) is 0 Å². The first kappa shape index (κ1) is 15.8. The first-order valence-corrected chi connectivity index (χ1v) is 8.14. The summed E-state index contributed by atoms with van der Waals surface area (Å²) in [5, 5.41) is 3.41. The maximum absolute atomic E-state index is 14.0. The topological polar surface area (TPSA) is 24.5 Å². The Bertz CT molecular complexity index is 654. The number of halogens is 1. The Balaban J connectivity index is 1.63. The molecule has 0 radical (unpaired) electrons. The third kappa shape index (κ3) is 3.82.